The van der Waals surface area contributed by atoms with E-state index >= 15 is 0 Å². The molecule has 0 bridgehead atoms. The van der Waals surface area contributed by atoms with Crippen molar-refractivity contribution in [3.8, 4) is 0 Å². The molecule has 0 fully saturated rings. The van der Waals surface area contributed by atoms with E-state index in [1.807, 2.05) is 21.1 Å². The minimum absolute atomic E-state index is 0.181. The molecular formula is C66H122NO8+. The fourth-order valence-corrected chi connectivity index (χ4v) is 9.14. The summed E-state index contributed by atoms with van der Waals surface area (Å²) in [7, 11) is 5.98. The molecule has 0 amide bonds. The predicted molar refractivity (Wildman–Crippen MR) is 318 cm³/mol. The standard InChI is InChI=1S/C66H121NO8/c1-6-8-10-12-14-16-18-20-22-24-26-27-28-29-30-31-32-33-34-35-36-37-39-41-43-45-47-49-51-53-55-57-64(69)75-62(61-74-66(65(70)71)72-59-58-67(3,4)5)60-73-63(68)56-54-52-50-48-46-44-42-40-38-25-23-21-19-17-15-13-11-9-7-2/h18,20-21,23-24,26,28-29,62,66H,6-17,19,22,25,27,30-61H2,1-5H3/p+1/b20-18-,23-21-,26-24-,29-28-. The molecule has 0 aliphatic heterocycles. The number of likely N-dealkylation sites (N-methyl/N-ethyl adjacent to an activating group) is 1. The highest BCUT2D eigenvalue weighted by atomic mass is 16.7. The fourth-order valence-electron chi connectivity index (χ4n) is 9.14. The molecule has 0 rings (SSSR count). The number of rotatable bonds is 59. The molecule has 0 aromatic rings. The monoisotopic (exact) mass is 1060 g/mol. The van der Waals surface area contributed by atoms with E-state index in [1.54, 1.807) is 0 Å². The van der Waals surface area contributed by atoms with E-state index in [9.17, 15) is 19.5 Å². The number of ether oxygens (including phenoxy) is 4. The number of carboxylic acid groups (broad SMARTS) is 1. The second kappa shape index (κ2) is 57.4. The van der Waals surface area contributed by atoms with Crippen molar-refractivity contribution in [2.45, 2.75) is 309 Å². The van der Waals surface area contributed by atoms with Crippen molar-refractivity contribution in [3.05, 3.63) is 48.6 Å². The van der Waals surface area contributed by atoms with E-state index in [1.165, 1.54) is 218 Å². The average molecular weight is 1060 g/mol. The lowest BCUT2D eigenvalue weighted by molar-refractivity contribution is -0.870. The Morgan fingerprint density at radius 3 is 1.08 bits per heavy atom. The van der Waals surface area contributed by atoms with Gasteiger partial charge in [0.15, 0.2) is 6.10 Å². The minimum Gasteiger partial charge on any atom is -0.477 e. The summed E-state index contributed by atoms with van der Waals surface area (Å²) >= 11 is 0. The van der Waals surface area contributed by atoms with Gasteiger partial charge < -0.3 is 28.5 Å². The Morgan fingerprint density at radius 1 is 0.400 bits per heavy atom. The summed E-state index contributed by atoms with van der Waals surface area (Å²) in [5.74, 6) is -1.99. The molecule has 2 unspecified atom stereocenters. The minimum atomic E-state index is -1.51. The Bertz CT molecular complexity index is 1370. The lowest BCUT2D eigenvalue weighted by atomic mass is 10.0. The van der Waals surface area contributed by atoms with Crippen LogP contribution in [0.25, 0.3) is 0 Å². The molecule has 2 atom stereocenters. The zero-order chi connectivity index (χ0) is 54.8. The molecule has 0 saturated carbocycles. The smallest absolute Gasteiger partial charge is 0.361 e. The maximum absolute atomic E-state index is 12.9. The van der Waals surface area contributed by atoms with Gasteiger partial charge in [-0.15, -0.1) is 0 Å². The van der Waals surface area contributed by atoms with Gasteiger partial charge in [0.25, 0.3) is 6.29 Å². The molecule has 0 aliphatic carbocycles. The zero-order valence-electron chi connectivity index (χ0n) is 50.0. The molecular weight excluding hydrogens is 935 g/mol. The van der Waals surface area contributed by atoms with Crippen LogP contribution in [0, 0.1) is 0 Å². The molecule has 0 saturated heterocycles. The van der Waals surface area contributed by atoms with E-state index in [0.717, 1.165) is 51.4 Å². The molecule has 9 nitrogen and oxygen atoms in total. The van der Waals surface area contributed by atoms with Gasteiger partial charge in [0, 0.05) is 12.8 Å². The van der Waals surface area contributed by atoms with Crippen molar-refractivity contribution >= 4 is 17.9 Å². The molecule has 9 heteroatoms. The first-order chi connectivity index (χ1) is 36.6. The Hall–Kier alpha value is -2.75. The zero-order valence-corrected chi connectivity index (χ0v) is 50.0. The Morgan fingerprint density at radius 2 is 0.720 bits per heavy atom. The van der Waals surface area contributed by atoms with Gasteiger partial charge >= 0.3 is 17.9 Å². The summed E-state index contributed by atoms with van der Waals surface area (Å²) < 4.78 is 22.9. The van der Waals surface area contributed by atoms with Crippen LogP contribution in [0.4, 0.5) is 0 Å². The predicted octanol–water partition coefficient (Wildman–Crippen LogP) is 19.0. The summed E-state index contributed by atoms with van der Waals surface area (Å²) in [5, 5.41) is 9.72. The highest BCUT2D eigenvalue weighted by Gasteiger charge is 2.25. The van der Waals surface area contributed by atoms with Crippen molar-refractivity contribution in [3.63, 3.8) is 0 Å². The molecule has 1 N–H and O–H groups in total. The fraction of sp³-hybridized carbons (Fsp3) is 0.833. The van der Waals surface area contributed by atoms with Crippen LogP contribution in [-0.2, 0) is 33.3 Å². The Labute approximate surface area is 463 Å². The van der Waals surface area contributed by atoms with E-state index in [-0.39, 0.29) is 32.2 Å². The average Bonchev–Trinajstić information content (AvgIpc) is 3.38. The molecule has 0 aliphatic rings. The van der Waals surface area contributed by atoms with Crippen LogP contribution in [0.15, 0.2) is 48.6 Å². The van der Waals surface area contributed by atoms with Crippen molar-refractivity contribution in [2.24, 2.45) is 0 Å². The van der Waals surface area contributed by atoms with Crippen LogP contribution in [0.2, 0.25) is 0 Å². The van der Waals surface area contributed by atoms with Gasteiger partial charge in [0.2, 0.25) is 0 Å². The van der Waals surface area contributed by atoms with Crippen molar-refractivity contribution in [1.82, 2.24) is 0 Å². The number of carbonyl (C=O) groups is 3. The SMILES string of the molecule is CCCCCCC/C=C\C/C=C\C/C=C\CCCCCCCCCCCCCCCCCCC(=O)OC(COC(=O)CCCCCCCCCCC/C=C\CCCCCCCC)COC(OCC[N+](C)(C)C)C(=O)O. The van der Waals surface area contributed by atoms with Crippen LogP contribution in [-0.4, -0.2) is 87.4 Å². The van der Waals surface area contributed by atoms with Gasteiger partial charge in [-0.3, -0.25) is 9.59 Å². The highest BCUT2D eigenvalue weighted by molar-refractivity contribution is 5.71. The van der Waals surface area contributed by atoms with Gasteiger partial charge in [0.05, 0.1) is 34.4 Å². The Kier molecular flexibility index (Phi) is 55.3. The molecule has 0 heterocycles. The number of hydrogen-bond donors (Lipinski definition) is 1. The number of aliphatic carboxylic acids is 1. The number of quaternary nitrogens is 1. The molecule has 0 spiro atoms. The first-order valence-corrected chi connectivity index (χ1v) is 31.8. The highest BCUT2D eigenvalue weighted by Crippen LogP contribution is 2.17. The largest absolute Gasteiger partial charge is 0.477 e. The third-order valence-corrected chi connectivity index (χ3v) is 14.1. The second-order valence-electron chi connectivity index (χ2n) is 22.7. The topological polar surface area (TPSA) is 108 Å². The number of nitrogens with zero attached hydrogens (tertiary/aromatic N) is 1. The molecule has 438 valence electrons. The summed E-state index contributed by atoms with van der Waals surface area (Å²) in [5.41, 5.74) is 0. The maximum Gasteiger partial charge on any atom is 0.361 e. The normalized spacial score (nSPS) is 13.0. The summed E-state index contributed by atoms with van der Waals surface area (Å²) in [6, 6.07) is 0. The first kappa shape index (κ1) is 72.2. The Balaban J connectivity index is 4.13. The van der Waals surface area contributed by atoms with Gasteiger partial charge in [-0.2, -0.15) is 0 Å². The van der Waals surface area contributed by atoms with Gasteiger partial charge in [0.1, 0.15) is 13.2 Å². The van der Waals surface area contributed by atoms with Crippen molar-refractivity contribution in [1.29, 1.82) is 0 Å². The second-order valence-corrected chi connectivity index (χ2v) is 22.7. The van der Waals surface area contributed by atoms with Gasteiger partial charge in [-0.1, -0.05) is 255 Å². The summed E-state index contributed by atoms with van der Waals surface area (Å²) in [4.78, 5) is 37.5. The van der Waals surface area contributed by atoms with Crippen molar-refractivity contribution in [2.75, 3.05) is 47.5 Å². The van der Waals surface area contributed by atoms with Crippen LogP contribution >= 0.6 is 0 Å². The third kappa shape index (κ3) is 58.8. The number of esters is 2. The molecule has 75 heavy (non-hydrogen) atoms. The number of unbranched alkanes of at least 4 members (excludes halogenated alkanes) is 36. The number of hydrogen-bond acceptors (Lipinski definition) is 7. The lowest BCUT2D eigenvalue weighted by Gasteiger charge is -2.25. The van der Waals surface area contributed by atoms with Crippen LogP contribution in [0.1, 0.15) is 296 Å². The number of allylic oxidation sites excluding steroid dienone is 8. The molecule has 0 radical (unpaired) electrons. The number of carbonyl (C=O) groups excluding carboxylic acids is 2. The quantitative estimate of drug-likeness (QED) is 0.0211. The first-order valence-electron chi connectivity index (χ1n) is 31.8. The van der Waals surface area contributed by atoms with E-state index in [2.05, 4.69) is 62.5 Å². The number of carboxylic acids is 1. The van der Waals surface area contributed by atoms with E-state index in [4.69, 9.17) is 18.9 Å². The van der Waals surface area contributed by atoms with Crippen LogP contribution < -0.4 is 0 Å². The van der Waals surface area contributed by atoms with Gasteiger partial charge in [-0.25, -0.2) is 4.79 Å². The molecule has 0 aromatic heterocycles. The third-order valence-electron chi connectivity index (χ3n) is 14.1. The van der Waals surface area contributed by atoms with Crippen LogP contribution in [0.5, 0.6) is 0 Å². The summed E-state index contributed by atoms with van der Waals surface area (Å²) in [6.45, 7) is 4.90. The molecule has 0 aromatic carbocycles. The van der Waals surface area contributed by atoms with E-state index < -0.39 is 24.3 Å². The summed E-state index contributed by atoms with van der Waals surface area (Å²) in [6.07, 6.45) is 69.1. The maximum atomic E-state index is 12.9. The van der Waals surface area contributed by atoms with Gasteiger partial charge in [-0.05, 0) is 77.0 Å². The lowest BCUT2D eigenvalue weighted by Crippen LogP contribution is -2.40. The van der Waals surface area contributed by atoms with Crippen LogP contribution in [0.3, 0.4) is 0 Å². The van der Waals surface area contributed by atoms with Crippen molar-refractivity contribution < 1.29 is 42.9 Å². The van der Waals surface area contributed by atoms with E-state index in [0.29, 0.717) is 17.4 Å².